The Labute approximate surface area is 167 Å². The molecule has 154 valence electrons. The van der Waals surface area contributed by atoms with Crippen LogP contribution in [0.5, 0.6) is 0 Å². The predicted octanol–water partition coefficient (Wildman–Crippen LogP) is 2.31. The molecule has 1 aromatic carbocycles. The van der Waals surface area contributed by atoms with Gasteiger partial charge in [0.1, 0.15) is 0 Å². The van der Waals surface area contributed by atoms with E-state index in [9.17, 15) is 19.2 Å². The Morgan fingerprint density at radius 3 is 2.00 bits per heavy atom. The Morgan fingerprint density at radius 1 is 0.966 bits per heavy atom. The molecule has 0 aromatic heterocycles. The van der Waals surface area contributed by atoms with Crippen LogP contribution in [0.1, 0.15) is 29.6 Å². The number of carboxylic acid groups (broad SMARTS) is 3. The van der Waals surface area contributed by atoms with Gasteiger partial charge in [-0.1, -0.05) is 60.7 Å². The summed E-state index contributed by atoms with van der Waals surface area (Å²) in [6.07, 6.45) is 10.6. The van der Waals surface area contributed by atoms with Crippen molar-refractivity contribution in [2.24, 2.45) is 5.92 Å². The van der Waals surface area contributed by atoms with Crippen molar-refractivity contribution < 1.29 is 39.6 Å². The maximum absolute atomic E-state index is 11.8. The molecule has 8 nitrogen and oxygen atoms in total. The lowest BCUT2D eigenvalue weighted by atomic mass is 9.96. The lowest BCUT2D eigenvalue weighted by Gasteiger charge is -2.18. The molecule has 1 atom stereocenters. The molecule has 0 radical (unpaired) electrons. The summed E-state index contributed by atoms with van der Waals surface area (Å²) in [7, 11) is 0. The molecule has 0 heterocycles. The first-order valence-electron chi connectivity index (χ1n) is 8.64. The summed E-state index contributed by atoms with van der Waals surface area (Å²) < 4.78 is 0. The normalized spacial score (nSPS) is 15.4. The molecule has 0 fully saturated rings. The molecule has 0 amide bonds. The van der Waals surface area contributed by atoms with Gasteiger partial charge in [-0.2, -0.15) is 0 Å². The fourth-order valence-corrected chi connectivity index (χ4v) is 2.37. The maximum atomic E-state index is 11.8. The minimum absolute atomic E-state index is 0.0727. The van der Waals surface area contributed by atoms with Gasteiger partial charge in [0.25, 0.3) is 0 Å². The average molecular weight is 402 g/mol. The largest absolute Gasteiger partial charge is 0.481 e. The highest BCUT2D eigenvalue weighted by atomic mass is 16.4. The molecule has 0 saturated carbocycles. The molecule has 0 saturated heterocycles. The summed E-state index contributed by atoms with van der Waals surface area (Å²) in [5.74, 6) is -4.59. The lowest BCUT2D eigenvalue weighted by Crippen LogP contribution is -2.42. The third-order valence-corrected chi connectivity index (χ3v) is 3.85. The van der Waals surface area contributed by atoms with Crippen molar-refractivity contribution in [1.82, 2.24) is 0 Å². The van der Waals surface area contributed by atoms with Crippen LogP contribution in [0.4, 0.5) is 0 Å². The first kappa shape index (κ1) is 23.5. The zero-order valence-electron chi connectivity index (χ0n) is 15.5. The predicted molar refractivity (Wildman–Crippen MR) is 103 cm³/mol. The zero-order valence-corrected chi connectivity index (χ0v) is 15.5. The van der Waals surface area contributed by atoms with Crippen LogP contribution >= 0.6 is 0 Å². The molecule has 2 rings (SSSR count). The van der Waals surface area contributed by atoms with E-state index in [1.165, 1.54) is 0 Å². The molecule has 0 spiro atoms. The van der Waals surface area contributed by atoms with Crippen molar-refractivity contribution in [1.29, 1.82) is 0 Å². The van der Waals surface area contributed by atoms with Gasteiger partial charge in [-0.15, -0.1) is 0 Å². The maximum Gasteiger partial charge on any atom is 0.336 e. The van der Waals surface area contributed by atoms with Gasteiger partial charge in [0.15, 0.2) is 11.4 Å². The van der Waals surface area contributed by atoms with Crippen LogP contribution in [0.15, 0.2) is 66.8 Å². The SMILES string of the molecule is O=C(/C=C/C1C=CC=CC1)c1ccccc1.O=C(O)CC(O)(CC(=O)O)C(=O)O. The second-order valence-electron chi connectivity index (χ2n) is 6.28. The second kappa shape index (κ2) is 11.4. The van der Waals surface area contributed by atoms with Gasteiger partial charge in [-0.25, -0.2) is 4.79 Å². The monoisotopic (exact) mass is 402 g/mol. The summed E-state index contributed by atoms with van der Waals surface area (Å²) in [5, 5.41) is 33.8. The van der Waals surface area contributed by atoms with Gasteiger partial charge in [-0.3, -0.25) is 14.4 Å². The van der Waals surface area contributed by atoms with Crippen molar-refractivity contribution in [2.45, 2.75) is 24.9 Å². The lowest BCUT2D eigenvalue weighted by molar-refractivity contribution is -0.170. The molecule has 1 aromatic rings. The highest BCUT2D eigenvalue weighted by Crippen LogP contribution is 2.16. The number of allylic oxidation sites excluding steroid dienone is 6. The van der Waals surface area contributed by atoms with Gasteiger partial charge in [-0.05, 0) is 18.4 Å². The van der Waals surface area contributed by atoms with Crippen molar-refractivity contribution in [3.05, 3.63) is 72.4 Å². The van der Waals surface area contributed by atoms with E-state index in [4.69, 9.17) is 20.4 Å². The Balaban J connectivity index is 0.000000298. The smallest absolute Gasteiger partial charge is 0.336 e. The Morgan fingerprint density at radius 2 is 1.55 bits per heavy atom. The molecule has 1 unspecified atom stereocenters. The third-order valence-electron chi connectivity index (χ3n) is 3.85. The molecule has 4 N–H and O–H groups in total. The number of carbonyl (C=O) groups is 4. The summed E-state index contributed by atoms with van der Waals surface area (Å²) in [6.45, 7) is 0. The van der Waals surface area contributed by atoms with Crippen molar-refractivity contribution in [3.63, 3.8) is 0 Å². The Kier molecular flexibility index (Phi) is 9.21. The van der Waals surface area contributed by atoms with Crippen LogP contribution in [-0.4, -0.2) is 49.7 Å². The fourth-order valence-electron chi connectivity index (χ4n) is 2.37. The highest BCUT2D eigenvalue weighted by Gasteiger charge is 2.40. The van der Waals surface area contributed by atoms with Gasteiger partial charge in [0.2, 0.25) is 0 Å². The van der Waals surface area contributed by atoms with Gasteiger partial charge in [0.05, 0.1) is 12.8 Å². The van der Waals surface area contributed by atoms with E-state index in [2.05, 4.69) is 12.2 Å². The fraction of sp³-hybridized carbons (Fsp3) is 0.238. The molecule has 8 heteroatoms. The number of carboxylic acids is 3. The van der Waals surface area contributed by atoms with Crippen LogP contribution < -0.4 is 0 Å². The molecule has 0 bridgehead atoms. The number of aliphatic carboxylic acids is 3. The number of hydrogen-bond donors (Lipinski definition) is 4. The second-order valence-corrected chi connectivity index (χ2v) is 6.28. The van der Waals surface area contributed by atoms with E-state index in [0.717, 1.165) is 12.0 Å². The minimum atomic E-state index is -2.74. The van der Waals surface area contributed by atoms with Crippen molar-refractivity contribution in [3.8, 4) is 0 Å². The number of rotatable bonds is 8. The van der Waals surface area contributed by atoms with Crippen molar-refractivity contribution in [2.75, 3.05) is 0 Å². The zero-order chi connectivity index (χ0) is 21.9. The van der Waals surface area contributed by atoms with Gasteiger partial charge >= 0.3 is 17.9 Å². The summed E-state index contributed by atoms with van der Waals surface area (Å²) in [5.41, 5.74) is -1.99. The topological polar surface area (TPSA) is 149 Å². The highest BCUT2D eigenvalue weighted by molar-refractivity contribution is 6.04. The quantitative estimate of drug-likeness (QED) is 0.382. The van der Waals surface area contributed by atoms with Crippen LogP contribution in [-0.2, 0) is 14.4 Å². The number of aliphatic hydroxyl groups is 1. The van der Waals surface area contributed by atoms with E-state index < -0.39 is 36.4 Å². The first-order valence-corrected chi connectivity index (χ1v) is 8.64. The Bertz CT molecular complexity index is 804. The van der Waals surface area contributed by atoms with Gasteiger partial charge < -0.3 is 20.4 Å². The van der Waals surface area contributed by atoms with Crippen LogP contribution in [0, 0.1) is 5.92 Å². The van der Waals surface area contributed by atoms with Crippen molar-refractivity contribution >= 4 is 23.7 Å². The van der Waals surface area contributed by atoms with E-state index in [1.807, 2.05) is 48.6 Å². The summed E-state index contributed by atoms with van der Waals surface area (Å²) in [6, 6.07) is 9.34. The third kappa shape index (κ3) is 8.81. The van der Waals surface area contributed by atoms with Gasteiger partial charge in [0, 0.05) is 5.56 Å². The van der Waals surface area contributed by atoms with E-state index in [1.54, 1.807) is 6.08 Å². The number of carbonyl (C=O) groups excluding carboxylic acids is 1. The molecular weight excluding hydrogens is 380 g/mol. The van der Waals surface area contributed by atoms with E-state index >= 15 is 0 Å². The van der Waals surface area contributed by atoms with Crippen LogP contribution in [0.2, 0.25) is 0 Å². The molecule has 1 aliphatic rings. The first-order chi connectivity index (χ1) is 13.6. The van der Waals surface area contributed by atoms with Crippen LogP contribution in [0.3, 0.4) is 0 Å². The molecular formula is C21H22O8. The molecule has 1 aliphatic carbocycles. The molecule has 0 aliphatic heterocycles. The summed E-state index contributed by atoms with van der Waals surface area (Å²) >= 11 is 0. The van der Waals surface area contributed by atoms with Crippen LogP contribution in [0.25, 0.3) is 0 Å². The summed E-state index contributed by atoms with van der Waals surface area (Å²) in [4.78, 5) is 42.2. The van der Waals surface area contributed by atoms with E-state index in [-0.39, 0.29) is 5.78 Å². The Hall–Kier alpha value is -3.52. The number of ketones is 1. The molecule has 29 heavy (non-hydrogen) atoms. The average Bonchev–Trinajstić information content (AvgIpc) is 2.67. The number of benzene rings is 1. The minimum Gasteiger partial charge on any atom is -0.481 e. The van der Waals surface area contributed by atoms with E-state index in [0.29, 0.717) is 5.92 Å². The standard InChI is InChI=1S/C15H14O.C6H8O7/c16-15(14-9-5-2-6-10-14)12-11-13-7-3-1-4-8-13;7-3(8)1-6(13,5(11)12)2-4(9)10/h1-7,9-13H,8H2;13H,1-2H2,(H,7,8)(H,9,10)(H,11,12)/b12-11+;. The number of hydrogen-bond acceptors (Lipinski definition) is 5.